The van der Waals surface area contributed by atoms with E-state index in [9.17, 15) is 19.8 Å². The minimum Gasteiger partial charge on any atom is -0.365 e. The van der Waals surface area contributed by atoms with Gasteiger partial charge in [0.15, 0.2) is 24.1 Å². The van der Waals surface area contributed by atoms with E-state index in [4.69, 9.17) is 9.47 Å². The fraction of sp³-hybridized carbons (Fsp3) is 0.500. The Hall–Kier alpha value is -1.34. The SMILES string of the molecule is O=C1C=CC(O)O[C@H]1CC[C@H]1OC(O)C=CC1=O. The highest BCUT2D eigenvalue weighted by molar-refractivity contribution is 5.95. The number of rotatable bonds is 3. The molecule has 98 valence electrons. The number of hydrogen-bond donors (Lipinski definition) is 2. The van der Waals surface area contributed by atoms with Gasteiger partial charge in [0, 0.05) is 0 Å². The Kier molecular flexibility index (Phi) is 4.03. The zero-order valence-corrected chi connectivity index (χ0v) is 9.56. The molecule has 2 unspecified atom stereocenters. The largest absolute Gasteiger partial charge is 0.365 e. The molecule has 0 bridgehead atoms. The molecule has 4 atom stereocenters. The number of hydrogen-bond acceptors (Lipinski definition) is 6. The summed E-state index contributed by atoms with van der Waals surface area (Å²) in [4.78, 5) is 22.9. The Morgan fingerprint density at radius 2 is 1.28 bits per heavy atom. The van der Waals surface area contributed by atoms with Crippen LogP contribution in [-0.4, -0.2) is 46.6 Å². The van der Waals surface area contributed by atoms with Gasteiger partial charge in [0.05, 0.1) is 0 Å². The van der Waals surface area contributed by atoms with Crippen LogP contribution in [0.2, 0.25) is 0 Å². The zero-order chi connectivity index (χ0) is 13.1. The van der Waals surface area contributed by atoms with Crippen LogP contribution in [-0.2, 0) is 19.1 Å². The van der Waals surface area contributed by atoms with Crippen molar-refractivity contribution in [2.75, 3.05) is 0 Å². The van der Waals surface area contributed by atoms with E-state index in [0.29, 0.717) is 0 Å². The zero-order valence-electron chi connectivity index (χ0n) is 9.56. The van der Waals surface area contributed by atoms with Gasteiger partial charge < -0.3 is 19.7 Å². The Bertz CT molecular complexity index is 361. The predicted octanol–water partition coefficient (Wildman–Crippen LogP) is -0.548. The lowest BCUT2D eigenvalue weighted by molar-refractivity contribution is -0.158. The highest BCUT2D eigenvalue weighted by Crippen LogP contribution is 2.18. The van der Waals surface area contributed by atoms with Gasteiger partial charge in [-0.2, -0.15) is 0 Å². The summed E-state index contributed by atoms with van der Waals surface area (Å²) in [7, 11) is 0. The Morgan fingerprint density at radius 1 is 0.889 bits per heavy atom. The monoisotopic (exact) mass is 254 g/mol. The molecular formula is C12H14O6. The summed E-state index contributed by atoms with van der Waals surface area (Å²) in [5, 5.41) is 18.4. The van der Waals surface area contributed by atoms with E-state index in [1.54, 1.807) is 0 Å². The van der Waals surface area contributed by atoms with Crippen molar-refractivity contribution in [3.05, 3.63) is 24.3 Å². The van der Waals surface area contributed by atoms with Crippen molar-refractivity contribution in [2.45, 2.75) is 37.6 Å². The quantitative estimate of drug-likeness (QED) is 0.702. The average molecular weight is 254 g/mol. The summed E-state index contributed by atoms with van der Waals surface area (Å²) in [6.45, 7) is 0. The molecule has 2 heterocycles. The summed E-state index contributed by atoms with van der Waals surface area (Å²) in [5.41, 5.74) is 0. The van der Waals surface area contributed by atoms with Crippen LogP contribution < -0.4 is 0 Å². The first-order valence-electron chi connectivity index (χ1n) is 5.67. The molecule has 0 aliphatic carbocycles. The van der Waals surface area contributed by atoms with E-state index in [2.05, 4.69) is 0 Å². The van der Waals surface area contributed by atoms with Crippen LogP contribution in [0.15, 0.2) is 24.3 Å². The van der Waals surface area contributed by atoms with Crippen molar-refractivity contribution in [2.24, 2.45) is 0 Å². The summed E-state index contributed by atoms with van der Waals surface area (Å²) in [5.74, 6) is -0.501. The highest BCUT2D eigenvalue weighted by Gasteiger charge is 2.29. The van der Waals surface area contributed by atoms with Gasteiger partial charge in [-0.05, 0) is 37.1 Å². The third-order valence-electron chi connectivity index (χ3n) is 2.78. The normalized spacial score (nSPS) is 36.1. The third-order valence-corrected chi connectivity index (χ3v) is 2.78. The number of ketones is 2. The predicted molar refractivity (Wildman–Crippen MR) is 59.3 cm³/mol. The summed E-state index contributed by atoms with van der Waals surface area (Å²) in [6, 6.07) is 0. The van der Waals surface area contributed by atoms with E-state index in [1.807, 2.05) is 0 Å². The Labute approximate surface area is 104 Å². The van der Waals surface area contributed by atoms with E-state index >= 15 is 0 Å². The lowest BCUT2D eigenvalue weighted by Gasteiger charge is -2.25. The van der Waals surface area contributed by atoms with Gasteiger partial charge >= 0.3 is 0 Å². The number of carbonyl (C=O) groups is 2. The molecule has 2 N–H and O–H groups in total. The van der Waals surface area contributed by atoms with Crippen LogP contribution >= 0.6 is 0 Å². The Morgan fingerprint density at radius 3 is 1.67 bits per heavy atom. The molecule has 6 heteroatoms. The number of ether oxygens (including phenoxy) is 2. The average Bonchev–Trinajstić information content (AvgIpc) is 2.34. The van der Waals surface area contributed by atoms with E-state index in [-0.39, 0.29) is 24.4 Å². The molecule has 2 aliphatic rings. The van der Waals surface area contributed by atoms with Gasteiger partial charge in [0.25, 0.3) is 0 Å². The summed E-state index contributed by atoms with van der Waals surface area (Å²) < 4.78 is 10.0. The van der Waals surface area contributed by atoms with Gasteiger partial charge in [-0.15, -0.1) is 0 Å². The van der Waals surface area contributed by atoms with E-state index in [1.165, 1.54) is 24.3 Å². The molecule has 0 amide bonds. The molecular weight excluding hydrogens is 240 g/mol. The first-order valence-corrected chi connectivity index (χ1v) is 5.67. The molecule has 0 saturated heterocycles. The Balaban J connectivity index is 1.88. The first-order chi connectivity index (χ1) is 8.56. The van der Waals surface area contributed by atoms with Crippen molar-refractivity contribution < 1.29 is 29.3 Å². The smallest absolute Gasteiger partial charge is 0.184 e. The minimum atomic E-state index is -1.10. The molecule has 0 saturated carbocycles. The molecule has 2 rings (SSSR count). The van der Waals surface area contributed by atoms with Crippen LogP contribution in [0.3, 0.4) is 0 Å². The molecule has 2 aliphatic heterocycles. The highest BCUT2D eigenvalue weighted by atomic mass is 16.6. The standard InChI is InChI=1S/C12H14O6/c13-7-1-5-11(15)17-9(7)3-4-10-8(14)2-6-12(16)18-10/h1-2,5-6,9-12,15-16H,3-4H2/t9-,10+,11?,12?. The third kappa shape index (κ3) is 3.11. The maximum Gasteiger partial charge on any atom is 0.184 e. The molecule has 0 aromatic carbocycles. The first kappa shape index (κ1) is 13.1. The second-order valence-electron chi connectivity index (χ2n) is 4.13. The molecule has 0 aromatic rings. The molecule has 18 heavy (non-hydrogen) atoms. The van der Waals surface area contributed by atoms with Crippen molar-refractivity contribution in [3.63, 3.8) is 0 Å². The molecule has 0 fully saturated rings. The van der Waals surface area contributed by atoms with E-state index < -0.39 is 24.8 Å². The number of carbonyl (C=O) groups excluding carboxylic acids is 2. The molecule has 6 nitrogen and oxygen atoms in total. The lowest BCUT2D eigenvalue weighted by Crippen LogP contribution is -2.36. The van der Waals surface area contributed by atoms with Gasteiger partial charge in [-0.3, -0.25) is 9.59 Å². The van der Waals surface area contributed by atoms with Gasteiger partial charge in [-0.25, -0.2) is 0 Å². The minimum absolute atomic E-state index is 0.247. The van der Waals surface area contributed by atoms with Crippen molar-refractivity contribution in [1.29, 1.82) is 0 Å². The van der Waals surface area contributed by atoms with Gasteiger partial charge in [0.1, 0.15) is 12.2 Å². The van der Waals surface area contributed by atoms with Crippen LogP contribution in [0.5, 0.6) is 0 Å². The fourth-order valence-corrected chi connectivity index (χ4v) is 1.85. The lowest BCUT2D eigenvalue weighted by atomic mass is 10.0. The second kappa shape index (κ2) is 5.53. The molecule has 0 spiro atoms. The number of aliphatic hydroxyl groups excluding tert-OH is 2. The maximum atomic E-state index is 11.4. The van der Waals surface area contributed by atoms with Crippen LogP contribution in [0, 0.1) is 0 Å². The molecule has 0 radical (unpaired) electrons. The molecule has 0 aromatic heterocycles. The van der Waals surface area contributed by atoms with Crippen molar-refractivity contribution >= 4 is 11.6 Å². The van der Waals surface area contributed by atoms with Crippen LogP contribution in [0.25, 0.3) is 0 Å². The van der Waals surface area contributed by atoms with Crippen LogP contribution in [0.4, 0.5) is 0 Å². The summed E-state index contributed by atoms with van der Waals surface area (Å²) >= 11 is 0. The van der Waals surface area contributed by atoms with Crippen molar-refractivity contribution in [1.82, 2.24) is 0 Å². The maximum absolute atomic E-state index is 11.4. The topological polar surface area (TPSA) is 93.1 Å². The fourth-order valence-electron chi connectivity index (χ4n) is 1.85. The van der Waals surface area contributed by atoms with Gasteiger partial charge in [0.2, 0.25) is 0 Å². The van der Waals surface area contributed by atoms with Gasteiger partial charge in [-0.1, -0.05) is 0 Å². The van der Waals surface area contributed by atoms with E-state index in [0.717, 1.165) is 0 Å². The van der Waals surface area contributed by atoms with Crippen LogP contribution in [0.1, 0.15) is 12.8 Å². The summed E-state index contributed by atoms with van der Waals surface area (Å²) in [6.07, 6.45) is 1.79. The number of aliphatic hydroxyl groups is 2. The second-order valence-corrected chi connectivity index (χ2v) is 4.13. The van der Waals surface area contributed by atoms with Crippen molar-refractivity contribution in [3.8, 4) is 0 Å².